The van der Waals surface area contributed by atoms with Crippen molar-refractivity contribution in [3.8, 4) is 11.3 Å². The van der Waals surface area contributed by atoms with E-state index in [2.05, 4.69) is 20.8 Å². The highest BCUT2D eigenvalue weighted by Gasteiger charge is 2.23. The molecule has 2 heterocycles. The number of hydrogen-bond acceptors (Lipinski definition) is 2. The molecule has 0 amide bonds. The Kier molecular flexibility index (Phi) is 5.89. The number of nitrogens with zero attached hydrogens (tertiary/aromatic N) is 3. The van der Waals surface area contributed by atoms with Gasteiger partial charge in [-0.25, -0.2) is 9.50 Å². The van der Waals surface area contributed by atoms with E-state index in [1.54, 1.807) is 6.07 Å². The van der Waals surface area contributed by atoms with Gasteiger partial charge in [0.2, 0.25) is 0 Å². The lowest BCUT2D eigenvalue weighted by Gasteiger charge is -2.15. The summed E-state index contributed by atoms with van der Waals surface area (Å²) in [5.74, 6) is 0.483. The van der Waals surface area contributed by atoms with Crippen LogP contribution >= 0.6 is 23.2 Å². The second-order valence-corrected chi connectivity index (χ2v) is 7.60. The van der Waals surface area contributed by atoms with Crippen molar-refractivity contribution in [3.05, 3.63) is 51.3 Å². The van der Waals surface area contributed by atoms with Gasteiger partial charge >= 0.3 is 0 Å². The molecule has 2 aromatic heterocycles. The fraction of sp³-hybridized carbons (Fsp3) is 0.429. The number of rotatable bonds is 6. The first-order chi connectivity index (χ1) is 12.5. The summed E-state index contributed by atoms with van der Waals surface area (Å²) in [6, 6.07) is 5.61. The maximum absolute atomic E-state index is 6.51. The first kappa shape index (κ1) is 19.2. The van der Waals surface area contributed by atoms with E-state index in [1.165, 1.54) is 5.56 Å². The molecular formula is C21H25Cl2N3. The number of aryl methyl sites for hydroxylation is 2. The van der Waals surface area contributed by atoms with Crippen LogP contribution in [0, 0.1) is 6.92 Å². The number of halogens is 2. The van der Waals surface area contributed by atoms with Gasteiger partial charge in [0, 0.05) is 22.3 Å². The third kappa shape index (κ3) is 3.35. The molecular weight excluding hydrogens is 365 g/mol. The Bertz CT molecular complexity index is 931. The van der Waals surface area contributed by atoms with Gasteiger partial charge in [-0.2, -0.15) is 5.10 Å². The van der Waals surface area contributed by atoms with Gasteiger partial charge in [0.25, 0.3) is 0 Å². The molecule has 0 radical (unpaired) electrons. The molecule has 3 aromatic rings. The van der Waals surface area contributed by atoms with Gasteiger partial charge in [-0.3, -0.25) is 0 Å². The Morgan fingerprint density at radius 2 is 1.92 bits per heavy atom. The molecule has 1 aromatic carbocycles. The van der Waals surface area contributed by atoms with E-state index in [0.29, 0.717) is 16.0 Å². The van der Waals surface area contributed by atoms with Crippen molar-refractivity contribution in [1.82, 2.24) is 14.6 Å². The lowest BCUT2D eigenvalue weighted by atomic mass is 9.91. The first-order valence-electron chi connectivity index (χ1n) is 9.34. The molecule has 5 heteroatoms. The van der Waals surface area contributed by atoms with Crippen LogP contribution in [-0.4, -0.2) is 14.6 Å². The highest BCUT2D eigenvalue weighted by atomic mass is 35.5. The van der Waals surface area contributed by atoms with E-state index in [4.69, 9.17) is 33.3 Å². The van der Waals surface area contributed by atoms with Crippen molar-refractivity contribution >= 4 is 28.8 Å². The average molecular weight is 390 g/mol. The molecule has 0 saturated carbocycles. The molecule has 0 bridgehead atoms. The molecule has 1 unspecified atom stereocenters. The Labute approximate surface area is 165 Å². The Morgan fingerprint density at radius 3 is 2.54 bits per heavy atom. The quantitative estimate of drug-likeness (QED) is 0.460. The standard InChI is InChI=1S/C21H25Cl2N3/c1-5-8-14(6-2)19-18(7-3)25-26-20(13(4)12-24-21(19)26)16-10-9-15(22)11-17(16)23/h9-12,14H,5-8H2,1-4H3. The van der Waals surface area contributed by atoms with Crippen LogP contribution in [0.2, 0.25) is 10.0 Å². The Morgan fingerprint density at radius 1 is 1.15 bits per heavy atom. The van der Waals surface area contributed by atoms with Crippen LogP contribution in [0.1, 0.15) is 62.8 Å². The summed E-state index contributed by atoms with van der Waals surface area (Å²) in [5, 5.41) is 6.20. The number of benzene rings is 1. The van der Waals surface area contributed by atoms with Gasteiger partial charge in [-0.15, -0.1) is 0 Å². The van der Waals surface area contributed by atoms with Crippen LogP contribution in [0.4, 0.5) is 0 Å². The summed E-state index contributed by atoms with van der Waals surface area (Å²) in [6.45, 7) is 8.68. The highest BCUT2D eigenvalue weighted by molar-refractivity contribution is 6.36. The van der Waals surface area contributed by atoms with Gasteiger partial charge in [0.15, 0.2) is 5.65 Å². The van der Waals surface area contributed by atoms with E-state index in [0.717, 1.165) is 53.8 Å². The van der Waals surface area contributed by atoms with E-state index < -0.39 is 0 Å². The predicted octanol–water partition coefficient (Wildman–Crippen LogP) is 6.87. The minimum absolute atomic E-state index is 0.483. The molecule has 0 aliphatic heterocycles. The molecule has 0 saturated heterocycles. The monoisotopic (exact) mass is 389 g/mol. The fourth-order valence-electron chi connectivity index (χ4n) is 3.72. The topological polar surface area (TPSA) is 30.2 Å². The van der Waals surface area contributed by atoms with Crippen LogP contribution in [0.15, 0.2) is 24.4 Å². The molecule has 1 atom stereocenters. The van der Waals surface area contributed by atoms with E-state index in [1.807, 2.05) is 29.8 Å². The second-order valence-electron chi connectivity index (χ2n) is 6.76. The van der Waals surface area contributed by atoms with Gasteiger partial charge in [-0.1, -0.05) is 50.4 Å². The van der Waals surface area contributed by atoms with Gasteiger partial charge in [-0.05, 0) is 55.9 Å². The van der Waals surface area contributed by atoms with Crippen molar-refractivity contribution in [1.29, 1.82) is 0 Å². The average Bonchev–Trinajstić information content (AvgIpc) is 2.99. The minimum atomic E-state index is 0.483. The smallest absolute Gasteiger partial charge is 0.159 e. The maximum atomic E-state index is 6.51. The summed E-state index contributed by atoms with van der Waals surface area (Å²) in [7, 11) is 0. The summed E-state index contributed by atoms with van der Waals surface area (Å²) < 4.78 is 1.98. The molecule has 0 fully saturated rings. The van der Waals surface area contributed by atoms with Crippen molar-refractivity contribution in [2.24, 2.45) is 0 Å². The van der Waals surface area contributed by atoms with Crippen LogP contribution in [-0.2, 0) is 6.42 Å². The molecule has 3 rings (SSSR count). The first-order valence-corrected chi connectivity index (χ1v) is 10.1. The fourth-order valence-corrected chi connectivity index (χ4v) is 4.22. The normalized spacial score (nSPS) is 12.7. The number of fused-ring (bicyclic) bond motifs is 1. The largest absolute Gasteiger partial charge is 0.236 e. The summed E-state index contributed by atoms with van der Waals surface area (Å²) in [5.41, 5.74) is 6.35. The molecule has 0 aliphatic carbocycles. The zero-order chi connectivity index (χ0) is 18.8. The third-order valence-electron chi connectivity index (χ3n) is 5.00. The van der Waals surface area contributed by atoms with E-state index in [-0.39, 0.29) is 0 Å². The highest BCUT2D eigenvalue weighted by Crippen LogP contribution is 2.36. The molecule has 0 aliphatic rings. The molecule has 26 heavy (non-hydrogen) atoms. The summed E-state index contributed by atoms with van der Waals surface area (Å²) in [4.78, 5) is 4.77. The van der Waals surface area contributed by atoms with Gasteiger partial charge in [0.1, 0.15) is 0 Å². The number of hydrogen-bond donors (Lipinski definition) is 0. The molecule has 3 nitrogen and oxygen atoms in total. The van der Waals surface area contributed by atoms with E-state index in [9.17, 15) is 0 Å². The second kappa shape index (κ2) is 7.98. The van der Waals surface area contributed by atoms with Crippen molar-refractivity contribution < 1.29 is 0 Å². The summed E-state index contributed by atoms with van der Waals surface area (Å²) in [6.07, 6.45) is 6.22. The third-order valence-corrected chi connectivity index (χ3v) is 5.55. The Balaban J connectivity index is 2.31. The van der Waals surface area contributed by atoms with Crippen molar-refractivity contribution in [3.63, 3.8) is 0 Å². The van der Waals surface area contributed by atoms with Crippen LogP contribution in [0.3, 0.4) is 0 Å². The van der Waals surface area contributed by atoms with Crippen molar-refractivity contribution in [2.75, 3.05) is 0 Å². The van der Waals surface area contributed by atoms with Crippen molar-refractivity contribution in [2.45, 2.75) is 59.3 Å². The molecule has 0 spiro atoms. The lowest BCUT2D eigenvalue weighted by Crippen LogP contribution is -2.02. The van der Waals surface area contributed by atoms with Gasteiger partial charge < -0.3 is 0 Å². The molecule has 138 valence electrons. The zero-order valence-corrected chi connectivity index (χ0v) is 17.3. The SMILES string of the molecule is CCCC(CC)c1c(CC)nn2c(-c3ccc(Cl)cc3Cl)c(C)cnc12. The lowest BCUT2D eigenvalue weighted by molar-refractivity contribution is 0.593. The van der Waals surface area contributed by atoms with Crippen LogP contribution in [0.25, 0.3) is 16.9 Å². The predicted molar refractivity (Wildman–Crippen MR) is 110 cm³/mol. The van der Waals surface area contributed by atoms with Gasteiger partial charge in [0.05, 0.1) is 16.4 Å². The van der Waals surface area contributed by atoms with Crippen LogP contribution in [0.5, 0.6) is 0 Å². The maximum Gasteiger partial charge on any atom is 0.159 e. The van der Waals surface area contributed by atoms with E-state index >= 15 is 0 Å². The zero-order valence-electron chi connectivity index (χ0n) is 15.8. The minimum Gasteiger partial charge on any atom is -0.236 e. The summed E-state index contributed by atoms with van der Waals surface area (Å²) >= 11 is 12.6. The van der Waals surface area contributed by atoms with Crippen LogP contribution < -0.4 is 0 Å². The Hall–Kier alpha value is -1.58. The number of aromatic nitrogens is 3. The molecule has 0 N–H and O–H groups in total.